The Morgan fingerprint density at radius 1 is 0.812 bits per heavy atom. The Balaban J connectivity index is 1.30. The number of aromatic nitrogens is 1. The van der Waals surface area contributed by atoms with E-state index in [0.29, 0.717) is 30.3 Å². The van der Waals surface area contributed by atoms with Gasteiger partial charge in [0, 0.05) is 43.9 Å². The summed E-state index contributed by atoms with van der Waals surface area (Å²) < 4.78 is 6.03. The molecule has 0 atom stereocenters. The molecule has 1 amide bonds. The van der Waals surface area contributed by atoms with Crippen LogP contribution >= 0.6 is 0 Å². The van der Waals surface area contributed by atoms with Gasteiger partial charge in [0.1, 0.15) is 0 Å². The van der Waals surface area contributed by atoms with Gasteiger partial charge in [-0.3, -0.25) is 9.69 Å². The summed E-state index contributed by atoms with van der Waals surface area (Å²) in [6.07, 6.45) is 1.72. The van der Waals surface area contributed by atoms with Crippen molar-refractivity contribution in [3.8, 4) is 22.8 Å². The Hall–Kier alpha value is -3.70. The van der Waals surface area contributed by atoms with Crippen molar-refractivity contribution in [3.05, 3.63) is 102 Å². The molecule has 0 bridgehead atoms. The van der Waals surface area contributed by atoms with E-state index in [-0.39, 0.29) is 5.91 Å². The molecule has 0 N–H and O–H groups in total. The first kappa shape index (κ1) is 20.2. The molecule has 0 aliphatic carbocycles. The Morgan fingerprint density at radius 2 is 1.47 bits per heavy atom. The standard InChI is InChI=1S/C27H25N3O2/c31-27(30-17-15-29(16-18-30)20-21-9-3-1-4-10-21)24-14-8-7-13-23(24)26-28-19-25(32-26)22-11-5-2-6-12-22/h1-14,19H,15-18,20H2. The Morgan fingerprint density at radius 3 is 2.22 bits per heavy atom. The van der Waals surface area contributed by atoms with Gasteiger partial charge < -0.3 is 9.32 Å². The summed E-state index contributed by atoms with van der Waals surface area (Å²) >= 11 is 0. The Kier molecular flexibility index (Phi) is 5.81. The fraction of sp³-hybridized carbons (Fsp3) is 0.185. The third-order valence-electron chi connectivity index (χ3n) is 5.86. The number of piperazine rings is 1. The van der Waals surface area contributed by atoms with E-state index in [4.69, 9.17) is 4.42 Å². The van der Waals surface area contributed by atoms with Crippen molar-refractivity contribution in [3.63, 3.8) is 0 Å². The molecule has 2 heterocycles. The lowest BCUT2D eigenvalue weighted by molar-refractivity contribution is 0.0629. The molecule has 160 valence electrons. The quantitative estimate of drug-likeness (QED) is 0.455. The number of hydrogen-bond acceptors (Lipinski definition) is 4. The Labute approximate surface area is 187 Å². The molecule has 4 aromatic rings. The first-order valence-electron chi connectivity index (χ1n) is 10.9. The molecule has 1 aliphatic rings. The highest BCUT2D eigenvalue weighted by molar-refractivity contribution is 6.00. The lowest BCUT2D eigenvalue weighted by Crippen LogP contribution is -2.48. The highest BCUT2D eigenvalue weighted by atomic mass is 16.4. The molecule has 5 rings (SSSR count). The van der Waals surface area contributed by atoms with E-state index < -0.39 is 0 Å². The molecule has 0 radical (unpaired) electrons. The molecule has 1 aliphatic heterocycles. The van der Waals surface area contributed by atoms with E-state index in [2.05, 4.69) is 34.1 Å². The van der Waals surface area contributed by atoms with Crippen molar-refractivity contribution in [2.75, 3.05) is 26.2 Å². The van der Waals surface area contributed by atoms with Gasteiger partial charge in [-0.1, -0.05) is 72.8 Å². The summed E-state index contributed by atoms with van der Waals surface area (Å²) in [6.45, 7) is 4.06. The summed E-state index contributed by atoms with van der Waals surface area (Å²) in [5.74, 6) is 1.19. The van der Waals surface area contributed by atoms with Crippen molar-refractivity contribution < 1.29 is 9.21 Å². The van der Waals surface area contributed by atoms with Gasteiger partial charge in [-0.15, -0.1) is 0 Å². The summed E-state index contributed by atoms with van der Waals surface area (Å²) in [4.78, 5) is 22.2. The molecule has 0 spiro atoms. The molecular weight excluding hydrogens is 398 g/mol. The van der Waals surface area contributed by atoms with E-state index in [0.717, 1.165) is 30.8 Å². The number of carbonyl (C=O) groups is 1. The normalized spacial score (nSPS) is 14.4. The molecule has 1 aromatic heterocycles. The maximum atomic E-state index is 13.4. The van der Waals surface area contributed by atoms with E-state index in [1.807, 2.05) is 65.6 Å². The predicted molar refractivity (Wildman–Crippen MR) is 125 cm³/mol. The second-order valence-electron chi connectivity index (χ2n) is 8.00. The van der Waals surface area contributed by atoms with E-state index in [1.54, 1.807) is 6.20 Å². The largest absolute Gasteiger partial charge is 0.436 e. The van der Waals surface area contributed by atoms with Crippen LogP contribution in [0.3, 0.4) is 0 Å². The number of nitrogens with zero attached hydrogens (tertiary/aromatic N) is 3. The second-order valence-corrected chi connectivity index (χ2v) is 8.00. The van der Waals surface area contributed by atoms with Crippen LogP contribution in [0.25, 0.3) is 22.8 Å². The van der Waals surface area contributed by atoms with Crippen molar-refractivity contribution in [1.82, 2.24) is 14.8 Å². The lowest BCUT2D eigenvalue weighted by Gasteiger charge is -2.35. The lowest BCUT2D eigenvalue weighted by atomic mass is 10.1. The van der Waals surface area contributed by atoms with Crippen LogP contribution in [0.15, 0.2) is 95.5 Å². The van der Waals surface area contributed by atoms with E-state index >= 15 is 0 Å². The molecule has 0 saturated carbocycles. The predicted octanol–water partition coefficient (Wildman–Crippen LogP) is 4.97. The van der Waals surface area contributed by atoms with Crippen LogP contribution < -0.4 is 0 Å². The highest BCUT2D eigenvalue weighted by Crippen LogP contribution is 2.29. The summed E-state index contributed by atoms with van der Waals surface area (Å²) in [5, 5.41) is 0. The molecule has 3 aromatic carbocycles. The number of hydrogen-bond donors (Lipinski definition) is 0. The first-order valence-corrected chi connectivity index (χ1v) is 10.9. The van der Waals surface area contributed by atoms with Crippen molar-refractivity contribution in [2.45, 2.75) is 6.54 Å². The van der Waals surface area contributed by atoms with Crippen LogP contribution in [0.4, 0.5) is 0 Å². The minimum Gasteiger partial charge on any atom is -0.436 e. The van der Waals surface area contributed by atoms with Crippen LogP contribution in [0.1, 0.15) is 15.9 Å². The zero-order chi connectivity index (χ0) is 21.8. The van der Waals surface area contributed by atoms with Gasteiger partial charge in [-0.2, -0.15) is 0 Å². The van der Waals surface area contributed by atoms with Crippen LogP contribution in [0, 0.1) is 0 Å². The van der Waals surface area contributed by atoms with E-state index in [1.165, 1.54) is 5.56 Å². The van der Waals surface area contributed by atoms with Crippen LogP contribution in [0.5, 0.6) is 0 Å². The number of benzene rings is 3. The summed E-state index contributed by atoms with van der Waals surface area (Å²) in [7, 11) is 0. The van der Waals surface area contributed by atoms with Gasteiger partial charge in [0.15, 0.2) is 5.76 Å². The number of carbonyl (C=O) groups excluding carboxylic acids is 1. The van der Waals surface area contributed by atoms with Crippen molar-refractivity contribution in [2.24, 2.45) is 0 Å². The van der Waals surface area contributed by atoms with Gasteiger partial charge in [0.2, 0.25) is 5.89 Å². The summed E-state index contributed by atoms with van der Waals surface area (Å²) in [5.41, 5.74) is 3.62. The van der Waals surface area contributed by atoms with Gasteiger partial charge in [-0.05, 0) is 17.7 Å². The third-order valence-corrected chi connectivity index (χ3v) is 5.86. The van der Waals surface area contributed by atoms with Gasteiger partial charge in [0.25, 0.3) is 5.91 Å². The molecule has 5 heteroatoms. The van der Waals surface area contributed by atoms with Crippen LogP contribution in [-0.2, 0) is 6.54 Å². The molecular formula is C27H25N3O2. The topological polar surface area (TPSA) is 49.6 Å². The van der Waals surface area contributed by atoms with E-state index in [9.17, 15) is 4.79 Å². The molecule has 32 heavy (non-hydrogen) atoms. The maximum absolute atomic E-state index is 13.4. The molecule has 0 unspecified atom stereocenters. The summed E-state index contributed by atoms with van der Waals surface area (Å²) in [6, 6.07) is 27.9. The second kappa shape index (κ2) is 9.20. The zero-order valence-electron chi connectivity index (χ0n) is 17.9. The van der Waals surface area contributed by atoms with Crippen LogP contribution in [0.2, 0.25) is 0 Å². The van der Waals surface area contributed by atoms with Crippen molar-refractivity contribution >= 4 is 5.91 Å². The van der Waals surface area contributed by atoms with Crippen LogP contribution in [-0.4, -0.2) is 46.9 Å². The number of amides is 1. The zero-order valence-corrected chi connectivity index (χ0v) is 17.9. The smallest absolute Gasteiger partial charge is 0.254 e. The molecule has 1 fully saturated rings. The third kappa shape index (κ3) is 4.34. The first-order chi connectivity index (χ1) is 15.8. The average molecular weight is 424 g/mol. The van der Waals surface area contributed by atoms with Gasteiger partial charge in [0.05, 0.1) is 11.8 Å². The Bertz CT molecular complexity index is 1180. The molecule has 5 nitrogen and oxygen atoms in total. The maximum Gasteiger partial charge on any atom is 0.254 e. The van der Waals surface area contributed by atoms with Gasteiger partial charge in [-0.25, -0.2) is 4.98 Å². The fourth-order valence-electron chi connectivity index (χ4n) is 4.11. The van der Waals surface area contributed by atoms with Crippen molar-refractivity contribution in [1.29, 1.82) is 0 Å². The monoisotopic (exact) mass is 423 g/mol. The fourth-order valence-corrected chi connectivity index (χ4v) is 4.11. The molecule has 1 saturated heterocycles. The average Bonchev–Trinajstić information content (AvgIpc) is 3.36. The SMILES string of the molecule is O=C(c1ccccc1-c1ncc(-c2ccccc2)o1)N1CCN(Cc2ccccc2)CC1. The minimum atomic E-state index is 0.0272. The number of rotatable bonds is 5. The minimum absolute atomic E-state index is 0.0272. The number of oxazole rings is 1. The highest BCUT2D eigenvalue weighted by Gasteiger charge is 2.25. The van der Waals surface area contributed by atoms with Gasteiger partial charge >= 0.3 is 0 Å².